The summed E-state index contributed by atoms with van der Waals surface area (Å²) in [6, 6.07) is 0. The van der Waals surface area contributed by atoms with Crippen LogP contribution in [0.1, 0.15) is 0 Å². The third-order valence-electron chi connectivity index (χ3n) is 0.794. The first kappa shape index (κ1) is 13.1. The van der Waals surface area contributed by atoms with Crippen LogP contribution in [0.15, 0.2) is 0 Å². The van der Waals surface area contributed by atoms with Crippen LogP contribution < -0.4 is 24.0 Å². The van der Waals surface area contributed by atoms with Crippen LogP contribution in [0.3, 0.4) is 0 Å². The van der Waals surface area contributed by atoms with Crippen LogP contribution >= 0.6 is 0 Å². The summed E-state index contributed by atoms with van der Waals surface area (Å²) < 4.78 is 0. The Hall–Kier alpha value is -0.543. The number of rotatable bonds is 3. The second kappa shape index (κ2) is 5.15. The van der Waals surface area contributed by atoms with Gasteiger partial charge in [-0.2, -0.15) is 0 Å². The molecule has 0 aromatic carbocycles. The predicted molar refractivity (Wildman–Crippen MR) is 24.7 cm³/mol. The zero-order valence-corrected chi connectivity index (χ0v) is 5.72. The molecule has 0 unspecified atom stereocenters. The van der Waals surface area contributed by atoms with Gasteiger partial charge in [0.2, 0.25) is 0 Å². The van der Waals surface area contributed by atoms with Gasteiger partial charge < -0.3 is 25.2 Å². The molecule has 0 radical (unpaired) electrons. The monoisotopic (exact) mass is 156 g/mol. The molecule has 0 fully saturated rings. The molecule has 0 saturated carbocycles. The Labute approximate surface area is 73.6 Å². The fraction of sp³-hybridized carbons (Fsp3) is 0.500. The summed E-state index contributed by atoms with van der Waals surface area (Å²) in [7, 11) is 0. The quantitative estimate of drug-likeness (QED) is 0.349. The Bertz CT molecular complexity index is 139. The summed E-state index contributed by atoms with van der Waals surface area (Å²) in [5.74, 6) is -3.83. The molecule has 0 aliphatic rings. The van der Waals surface area contributed by atoms with Gasteiger partial charge in [-0.25, -0.2) is 4.79 Å². The smallest absolute Gasteiger partial charge is 0.547 e. The van der Waals surface area contributed by atoms with Gasteiger partial charge in [-0.05, 0) is 0 Å². The van der Waals surface area contributed by atoms with Crippen molar-refractivity contribution in [3.63, 3.8) is 0 Å². The van der Waals surface area contributed by atoms with Gasteiger partial charge in [0.15, 0.2) is 6.10 Å². The van der Waals surface area contributed by atoms with Crippen LogP contribution in [0.25, 0.3) is 0 Å². The van der Waals surface area contributed by atoms with E-state index in [1.165, 1.54) is 0 Å². The van der Waals surface area contributed by atoms with E-state index >= 15 is 0 Å². The van der Waals surface area contributed by atoms with Crippen LogP contribution in [-0.2, 0) is 9.59 Å². The van der Waals surface area contributed by atoms with E-state index in [2.05, 4.69) is 0 Å². The van der Waals surface area contributed by atoms with Crippen molar-refractivity contribution in [1.29, 1.82) is 0 Å². The van der Waals surface area contributed by atoms with Crippen molar-refractivity contribution in [1.82, 2.24) is 0 Å². The van der Waals surface area contributed by atoms with E-state index < -0.39 is 24.1 Å². The molecule has 0 bridgehead atoms. The number of carbonyl (C=O) groups excluding carboxylic acids is 1. The first-order chi connectivity index (χ1) is 4.46. The predicted octanol–water partition coefficient (Wildman–Crippen LogP) is -6.45. The number of aliphatic hydroxyl groups excluding tert-OH is 2. The van der Waals surface area contributed by atoms with Gasteiger partial charge in [-0.15, -0.1) is 0 Å². The molecule has 0 spiro atoms. The largest absolute Gasteiger partial charge is 1.00 e. The Balaban J connectivity index is 0. The average Bonchev–Trinajstić information content (AvgIpc) is 1.84. The van der Waals surface area contributed by atoms with Crippen LogP contribution in [0.2, 0.25) is 0 Å². The Morgan fingerprint density at radius 2 is 1.55 bits per heavy atom. The summed E-state index contributed by atoms with van der Waals surface area (Å²) in [4.78, 5) is 19.4. The first-order valence-corrected chi connectivity index (χ1v) is 2.26. The maximum Gasteiger partial charge on any atom is 1.00 e. The molecular weight excluding hydrogens is 151 g/mol. The third-order valence-corrected chi connectivity index (χ3v) is 0.794. The van der Waals surface area contributed by atoms with Crippen molar-refractivity contribution in [3.8, 4) is 0 Å². The molecule has 58 valence electrons. The topological polar surface area (TPSA) is 118 Å². The van der Waals surface area contributed by atoms with Gasteiger partial charge in [0, 0.05) is 0 Å². The average molecular weight is 156 g/mol. The molecule has 0 aromatic rings. The molecule has 11 heavy (non-hydrogen) atoms. The van der Waals surface area contributed by atoms with E-state index in [-0.39, 0.29) is 18.9 Å². The Morgan fingerprint density at radius 1 is 1.18 bits per heavy atom. The number of carboxylic acid groups (broad SMARTS) is 2. The SMILES string of the molecule is O=C([O-])[C@@H](O)[C@H](O)C(=O)O.[Li+]. The molecule has 0 heterocycles. The summed E-state index contributed by atoms with van der Waals surface area (Å²) >= 11 is 0. The molecule has 0 aromatic heterocycles. The standard InChI is InChI=1S/C4H6O6.Li/c5-1(3(7)8)2(6)4(9)10;/h1-2,5-6H,(H,7,8)(H,9,10);/q;+1/p-1/t1-,2-;/m0./s1. The third kappa shape index (κ3) is 4.01. The van der Waals surface area contributed by atoms with Gasteiger partial charge in [0.25, 0.3) is 0 Å². The fourth-order valence-electron chi connectivity index (χ4n) is 0.264. The summed E-state index contributed by atoms with van der Waals surface area (Å²) in [6.45, 7) is 0. The van der Waals surface area contributed by atoms with E-state index in [0.29, 0.717) is 0 Å². The minimum atomic E-state index is -2.38. The first-order valence-electron chi connectivity index (χ1n) is 2.26. The van der Waals surface area contributed by atoms with Crippen LogP contribution in [0.5, 0.6) is 0 Å². The van der Waals surface area contributed by atoms with Crippen molar-refractivity contribution in [2.24, 2.45) is 0 Å². The van der Waals surface area contributed by atoms with E-state index in [4.69, 9.17) is 15.3 Å². The molecule has 0 saturated heterocycles. The maximum atomic E-state index is 9.74. The van der Waals surface area contributed by atoms with Crippen molar-refractivity contribution in [2.75, 3.05) is 0 Å². The zero-order chi connectivity index (χ0) is 8.31. The van der Waals surface area contributed by atoms with E-state index in [1.54, 1.807) is 0 Å². The minimum Gasteiger partial charge on any atom is -0.547 e. The minimum absolute atomic E-state index is 0. The number of aliphatic carboxylic acids is 2. The van der Waals surface area contributed by atoms with Crippen LogP contribution in [-0.4, -0.2) is 39.5 Å². The molecule has 6 nitrogen and oxygen atoms in total. The second-order valence-electron chi connectivity index (χ2n) is 1.55. The van der Waals surface area contributed by atoms with Gasteiger partial charge in [-0.1, -0.05) is 0 Å². The Kier molecular flexibility index (Phi) is 6.13. The molecule has 2 atom stereocenters. The number of carbonyl (C=O) groups is 2. The van der Waals surface area contributed by atoms with Crippen LogP contribution in [0, 0.1) is 0 Å². The maximum absolute atomic E-state index is 9.74. The number of hydrogen-bond acceptors (Lipinski definition) is 5. The van der Waals surface area contributed by atoms with Crippen LogP contribution in [0.4, 0.5) is 0 Å². The number of carboxylic acids is 2. The molecule has 7 heteroatoms. The summed E-state index contributed by atoms with van der Waals surface area (Å²) in [5, 5.41) is 34.1. The van der Waals surface area contributed by atoms with Crippen molar-refractivity contribution >= 4 is 11.9 Å². The molecular formula is C4H5LiO6. The van der Waals surface area contributed by atoms with Gasteiger partial charge in [0.1, 0.15) is 6.10 Å². The van der Waals surface area contributed by atoms with Gasteiger partial charge in [0.05, 0.1) is 5.97 Å². The van der Waals surface area contributed by atoms with E-state index in [9.17, 15) is 14.7 Å². The second-order valence-corrected chi connectivity index (χ2v) is 1.55. The van der Waals surface area contributed by atoms with Crippen molar-refractivity contribution < 1.29 is 48.9 Å². The number of aliphatic hydroxyl groups is 2. The fourth-order valence-corrected chi connectivity index (χ4v) is 0.264. The molecule has 0 rings (SSSR count). The Morgan fingerprint density at radius 3 is 1.64 bits per heavy atom. The molecule has 0 amide bonds. The molecule has 0 aliphatic carbocycles. The van der Waals surface area contributed by atoms with Crippen molar-refractivity contribution in [2.45, 2.75) is 12.2 Å². The summed E-state index contributed by atoms with van der Waals surface area (Å²) in [6.07, 6.45) is -4.71. The number of hydrogen-bond donors (Lipinski definition) is 3. The normalized spacial score (nSPS) is 14.4. The molecule has 0 aliphatic heterocycles. The zero-order valence-electron chi connectivity index (χ0n) is 5.72. The molecule has 3 N–H and O–H groups in total. The van der Waals surface area contributed by atoms with E-state index in [1.807, 2.05) is 0 Å². The van der Waals surface area contributed by atoms with Gasteiger partial charge in [-0.3, -0.25) is 0 Å². The van der Waals surface area contributed by atoms with Crippen molar-refractivity contribution in [3.05, 3.63) is 0 Å². The van der Waals surface area contributed by atoms with Gasteiger partial charge >= 0.3 is 24.8 Å². The summed E-state index contributed by atoms with van der Waals surface area (Å²) in [5.41, 5.74) is 0. The van der Waals surface area contributed by atoms with E-state index in [0.717, 1.165) is 0 Å².